The van der Waals surface area contributed by atoms with Crippen LogP contribution in [0.5, 0.6) is 0 Å². The molecule has 8 heteroatoms. The van der Waals surface area contributed by atoms with E-state index in [9.17, 15) is 18.8 Å². The molecule has 3 aromatic carbocycles. The number of nitrogens with one attached hydrogen (secondary N) is 2. The number of hydrogen-bond donors (Lipinski definition) is 2. The van der Waals surface area contributed by atoms with E-state index in [-0.39, 0.29) is 18.4 Å². The Labute approximate surface area is 209 Å². The molecule has 186 valence electrons. The molecule has 0 bridgehead atoms. The van der Waals surface area contributed by atoms with E-state index in [1.807, 2.05) is 41.0 Å². The van der Waals surface area contributed by atoms with Crippen LogP contribution in [-0.2, 0) is 16.0 Å². The Bertz CT molecular complexity index is 1240. The quantitative estimate of drug-likeness (QED) is 0.531. The SMILES string of the molecule is Cc1ccccc1CC(=O)N1CCN(CC(=O)Nc2ccccc2C(=O)Nc2ccc(F)cc2)CC1. The first-order chi connectivity index (χ1) is 17.4. The largest absolute Gasteiger partial charge is 0.340 e. The van der Waals surface area contributed by atoms with E-state index < -0.39 is 11.7 Å². The van der Waals surface area contributed by atoms with Crippen molar-refractivity contribution in [3.63, 3.8) is 0 Å². The minimum Gasteiger partial charge on any atom is -0.340 e. The number of aryl methyl sites for hydroxylation is 1. The topological polar surface area (TPSA) is 81.8 Å². The van der Waals surface area contributed by atoms with Crippen molar-refractivity contribution in [3.05, 3.63) is 95.3 Å². The minimum absolute atomic E-state index is 0.0921. The van der Waals surface area contributed by atoms with E-state index in [4.69, 9.17) is 0 Å². The zero-order valence-electron chi connectivity index (χ0n) is 20.2. The van der Waals surface area contributed by atoms with Gasteiger partial charge >= 0.3 is 0 Å². The highest BCUT2D eigenvalue weighted by Gasteiger charge is 2.23. The second kappa shape index (κ2) is 11.6. The van der Waals surface area contributed by atoms with Gasteiger partial charge in [0.1, 0.15) is 5.82 Å². The minimum atomic E-state index is -0.404. The first-order valence-electron chi connectivity index (χ1n) is 11.9. The van der Waals surface area contributed by atoms with Crippen LogP contribution >= 0.6 is 0 Å². The van der Waals surface area contributed by atoms with Gasteiger partial charge in [-0.1, -0.05) is 36.4 Å². The third-order valence-corrected chi connectivity index (χ3v) is 6.24. The summed E-state index contributed by atoms with van der Waals surface area (Å²) in [7, 11) is 0. The fraction of sp³-hybridized carbons (Fsp3) is 0.250. The van der Waals surface area contributed by atoms with E-state index in [1.54, 1.807) is 24.3 Å². The maximum atomic E-state index is 13.1. The fourth-order valence-corrected chi connectivity index (χ4v) is 4.15. The second-order valence-electron chi connectivity index (χ2n) is 8.81. The van der Waals surface area contributed by atoms with Gasteiger partial charge in [0.2, 0.25) is 11.8 Å². The Morgan fingerprint density at radius 2 is 1.50 bits per heavy atom. The van der Waals surface area contributed by atoms with Crippen LogP contribution in [0.4, 0.5) is 15.8 Å². The summed E-state index contributed by atoms with van der Waals surface area (Å²) in [6, 6.07) is 20.1. The number of halogens is 1. The maximum absolute atomic E-state index is 13.1. The van der Waals surface area contributed by atoms with Crippen molar-refractivity contribution >= 4 is 29.1 Å². The first-order valence-corrected chi connectivity index (χ1v) is 11.9. The molecule has 0 aromatic heterocycles. The van der Waals surface area contributed by atoms with Crippen LogP contribution in [0, 0.1) is 12.7 Å². The number of anilines is 2. The Hall–Kier alpha value is -4.04. The summed E-state index contributed by atoms with van der Waals surface area (Å²) in [5.41, 5.74) is 3.30. The highest BCUT2D eigenvalue weighted by Crippen LogP contribution is 2.18. The number of rotatable bonds is 7. The van der Waals surface area contributed by atoms with Crippen molar-refractivity contribution in [1.82, 2.24) is 9.80 Å². The van der Waals surface area contributed by atoms with Crippen LogP contribution in [0.3, 0.4) is 0 Å². The number of nitrogens with zero attached hydrogens (tertiary/aromatic N) is 2. The summed E-state index contributed by atoms with van der Waals surface area (Å²) in [5.74, 6) is -0.943. The van der Waals surface area contributed by atoms with Crippen LogP contribution in [-0.4, -0.2) is 60.2 Å². The zero-order chi connectivity index (χ0) is 25.5. The predicted molar refractivity (Wildman–Crippen MR) is 137 cm³/mol. The number of amides is 3. The van der Waals surface area contributed by atoms with Gasteiger partial charge in [-0.15, -0.1) is 0 Å². The van der Waals surface area contributed by atoms with Crippen LogP contribution < -0.4 is 10.6 Å². The lowest BCUT2D eigenvalue weighted by atomic mass is 10.1. The predicted octanol–water partition coefficient (Wildman–Crippen LogP) is 3.71. The molecule has 2 N–H and O–H groups in total. The Kier molecular flexibility index (Phi) is 8.07. The van der Waals surface area contributed by atoms with Crippen molar-refractivity contribution in [3.8, 4) is 0 Å². The van der Waals surface area contributed by atoms with Gasteiger partial charge in [-0.25, -0.2) is 4.39 Å². The molecule has 4 rings (SSSR count). The third-order valence-electron chi connectivity index (χ3n) is 6.24. The molecule has 7 nitrogen and oxygen atoms in total. The molecule has 1 aliphatic rings. The molecule has 0 unspecified atom stereocenters. The molecule has 1 saturated heterocycles. The van der Waals surface area contributed by atoms with Crippen molar-refractivity contribution in [2.75, 3.05) is 43.4 Å². The van der Waals surface area contributed by atoms with Crippen LogP contribution in [0.1, 0.15) is 21.5 Å². The van der Waals surface area contributed by atoms with E-state index in [0.29, 0.717) is 49.5 Å². The highest BCUT2D eigenvalue weighted by atomic mass is 19.1. The van der Waals surface area contributed by atoms with Gasteiger partial charge in [0, 0.05) is 31.9 Å². The molecule has 0 aliphatic carbocycles. The average Bonchev–Trinajstić information content (AvgIpc) is 2.87. The van der Waals surface area contributed by atoms with Crippen LogP contribution in [0.15, 0.2) is 72.8 Å². The highest BCUT2D eigenvalue weighted by molar-refractivity contribution is 6.10. The summed E-state index contributed by atoms with van der Waals surface area (Å²) in [5, 5.41) is 5.54. The smallest absolute Gasteiger partial charge is 0.257 e. The lowest BCUT2D eigenvalue weighted by molar-refractivity contribution is -0.132. The lowest BCUT2D eigenvalue weighted by Gasteiger charge is -2.34. The molecule has 1 aliphatic heterocycles. The molecule has 1 fully saturated rings. The summed E-state index contributed by atoms with van der Waals surface area (Å²) >= 11 is 0. The lowest BCUT2D eigenvalue weighted by Crippen LogP contribution is -2.50. The Balaban J connectivity index is 1.28. The molecule has 0 spiro atoms. The second-order valence-corrected chi connectivity index (χ2v) is 8.81. The van der Waals surface area contributed by atoms with E-state index >= 15 is 0 Å². The average molecular weight is 489 g/mol. The summed E-state index contributed by atoms with van der Waals surface area (Å²) in [6.07, 6.45) is 0.379. The third kappa shape index (κ3) is 6.55. The Morgan fingerprint density at radius 1 is 0.833 bits per heavy atom. The number of carbonyl (C=O) groups excluding carboxylic acids is 3. The standard InChI is InChI=1S/C28H29FN4O3/c1-20-6-2-3-7-21(20)18-27(35)33-16-14-32(15-17-33)19-26(34)31-25-9-5-4-8-24(25)28(36)30-23-12-10-22(29)11-13-23/h2-13H,14-19H2,1H3,(H,30,36)(H,31,34). The summed E-state index contributed by atoms with van der Waals surface area (Å²) in [4.78, 5) is 42.0. The molecule has 0 radical (unpaired) electrons. The van der Waals surface area contributed by atoms with E-state index in [1.165, 1.54) is 24.3 Å². The van der Waals surface area contributed by atoms with Gasteiger partial charge in [-0.2, -0.15) is 0 Å². The molecule has 0 saturated carbocycles. The number of carbonyl (C=O) groups is 3. The van der Waals surface area contributed by atoms with Crippen molar-refractivity contribution < 1.29 is 18.8 Å². The van der Waals surface area contributed by atoms with Gasteiger partial charge in [0.05, 0.1) is 24.2 Å². The zero-order valence-corrected chi connectivity index (χ0v) is 20.2. The molecular weight excluding hydrogens is 459 g/mol. The first kappa shape index (κ1) is 25.1. The molecule has 36 heavy (non-hydrogen) atoms. The summed E-state index contributed by atoms with van der Waals surface area (Å²) < 4.78 is 13.1. The van der Waals surface area contributed by atoms with Gasteiger partial charge in [-0.3, -0.25) is 19.3 Å². The van der Waals surface area contributed by atoms with Crippen molar-refractivity contribution in [2.45, 2.75) is 13.3 Å². The van der Waals surface area contributed by atoms with Crippen molar-refractivity contribution in [1.29, 1.82) is 0 Å². The fourth-order valence-electron chi connectivity index (χ4n) is 4.15. The van der Waals surface area contributed by atoms with E-state index in [0.717, 1.165) is 11.1 Å². The van der Waals surface area contributed by atoms with Crippen molar-refractivity contribution in [2.24, 2.45) is 0 Å². The maximum Gasteiger partial charge on any atom is 0.257 e. The molecule has 0 atom stereocenters. The number of hydrogen-bond acceptors (Lipinski definition) is 4. The number of benzene rings is 3. The van der Waals surface area contributed by atoms with Gasteiger partial charge < -0.3 is 15.5 Å². The number of piperazine rings is 1. The van der Waals surface area contributed by atoms with Crippen LogP contribution in [0.25, 0.3) is 0 Å². The molecule has 3 aromatic rings. The number of para-hydroxylation sites is 1. The monoisotopic (exact) mass is 488 g/mol. The normalized spacial score (nSPS) is 13.8. The van der Waals surface area contributed by atoms with Gasteiger partial charge in [0.15, 0.2) is 0 Å². The van der Waals surface area contributed by atoms with Crippen LogP contribution in [0.2, 0.25) is 0 Å². The van der Waals surface area contributed by atoms with E-state index in [2.05, 4.69) is 10.6 Å². The Morgan fingerprint density at radius 3 is 2.22 bits per heavy atom. The molecule has 1 heterocycles. The molecular formula is C28H29FN4O3. The van der Waals surface area contributed by atoms with Gasteiger partial charge in [0.25, 0.3) is 5.91 Å². The molecule has 3 amide bonds. The summed E-state index contributed by atoms with van der Waals surface area (Å²) in [6.45, 7) is 4.49. The van der Waals surface area contributed by atoms with Gasteiger partial charge in [-0.05, 0) is 54.4 Å².